The van der Waals surface area contributed by atoms with Crippen molar-refractivity contribution < 1.29 is 4.39 Å². The van der Waals surface area contributed by atoms with Gasteiger partial charge in [-0.25, -0.2) is 4.39 Å². The Morgan fingerprint density at radius 3 is 2.47 bits per heavy atom. The summed E-state index contributed by atoms with van der Waals surface area (Å²) in [6.07, 6.45) is 6.03. The molecule has 0 spiro atoms. The van der Waals surface area contributed by atoms with Crippen LogP contribution in [0.1, 0.15) is 45.1 Å². The minimum atomic E-state index is -0.0761. The van der Waals surface area contributed by atoms with Gasteiger partial charge in [-0.2, -0.15) is 0 Å². The highest BCUT2D eigenvalue weighted by molar-refractivity contribution is 5.17. The Morgan fingerprint density at radius 2 is 1.84 bits per heavy atom. The quantitative estimate of drug-likeness (QED) is 0.840. The molecule has 0 bridgehead atoms. The van der Waals surface area contributed by atoms with Crippen molar-refractivity contribution in [3.05, 3.63) is 35.6 Å². The molecule has 19 heavy (non-hydrogen) atoms. The molecule has 0 radical (unpaired) electrons. The molecule has 0 atom stereocenters. The van der Waals surface area contributed by atoms with E-state index in [1.807, 2.05) is 12.1 Å². The third-order valence-electron chi connectivity index (χ3n) is 4.50. The summed E-state index contributed by atoms with van der Waals surface area (Å²) in [5.41, 5.74) is 0.825. The van der Waals surface area contributed by atoms with E-state index in [1.165, 1.54) is 25.7 Å². The van der Waals surface area contributed by atoms with Gasteiger partial charge < -0.3 is 5.32 Å². The molecule has 2 heteroatoms. The van der Waals surface area contributed by atoms with Gasteiger partial charge >= 0.3 is 0 Å². The van der Waals surface area contributed by atoms with E-state index in [4.69, 9.17) is 0 Å². The van der Waals surface area contributed by atoms with Crippen LogP contribution in [0.3, 0.4) is 0 Å². The van der Waals surface area contributed by atoms with E-state index in [-0.39, 0.29) is 5.82 Å². The van der Waals surface area contributed by atoms with Crippen LogP contribution >= 0.6 is 0 Å². The first kappa shape index (κ1) is 14.5. The predicted molar refractivity (Wildman–Crippen MR) is 78.7 cm³/mol. The van der Waals surface area contributed by atoms with Gasteiger partial charge in [0.15, 0.2) is 0 Å². The van der Waals surface area contributed by atoms with E-state index in [1.54, 1.807) is 12.1 Å². The van der Waals surface area contributed by atoms with E-state index in [0.29, 0.717) is 6.04 Å². The standard InChI is InChI=1S/C17H26FN/c1-13(2)14-7-9-16(10-8-14)19-12-11-15-5-3-4-6-17(15)18/h3-6,13-14,16,19H,7-12H2,1-2H3. The second-order valence-electron chi connectivity index (χ2n) is 6.15. The number of benzene rings is 1. The molecule has 1 saturated carbocycles. The van der Waals surface area contributed by atoms with Crippen molar-refractivity contribution in [2.24, 2.45) is 11.8 Å². The Hall–Kier alpha value is -0.890. The maximum Gasteiger partial charge on any atom is 0.126 e. The summed E-state index contributed by atoms with van der Waals surface area (Å²) < 4.78 is 13.5. The molecule has 1 aromatic rings. The van der Waals surface area contributed by atoms with Crippen molar-refractivity contribution in [1.82, 2.24) is 5.32 Å². The SMILES string of the molecule is CC(C)C1CCC(NCCc2ccccc2F)CC1. The number of hydrogen-bond acceptors (Lipinski definition) is 1. The summed E-state index contributed by atoms with van der Waals surface area (Å²) in [7, 11) is 0. The van der Waals surface area contributed by atoms with Crippen molar-refractivity contribution >= 4 is 0 Å². The van der Waals surface area contributed by atoms with Crippen molar-refractivity contribution in [3.8, 4) is 0 Å². The molecule has 0 aliphatic heterocycles. The molecular weight excluding hydrogens is 237 g/mol. The van der Waals surface area contributed by atoms with Crippen LogP contribution in [0.25, 0.3) is 0 Å². The Kier molecular flexibility index (Phi) is 5.38. The molecule has 0 heterocycles. The molecule has 0 unspecified atom stereocenters. The van der Waals surface area contributed by atoms with Crippen molar-refractivity contribution in [1.29, 1.82) is 0 Å². The topological polar surface area (TPSA) is 12.0 Å². The monoisotopic (exact) mass is 263 g/mol. The van der Waals surface area contributed by atoms with Crippen LogP contribution in [0.2, 0.25) is 0 Å². The smallest absolute Gasteiger partial charge is 0.126 e. The lowest BCUT2D eigenvalue weighted by Crippen LogP contribution is -2.35. The Balaban J connectivity index is 1.69. The van der Waals surface area contributed by atoms with Crippen molar-refractivity contribution in [3.63, 3.8) is 0 Å². The second-order valence-corrected chi connectivity index (χ2v) is 6.15. The third kappa shape index (κ3) is 4.31. The highest BCUT2D eigenvalue weighted by Gasteiger charge is 2.22. The van der Waals surface area contributed by atoms with Crippen molar-refractivity contribution in [2.75, 3.05) is 6.54 Å². The summed E-state index contributed by atoms with van der Waals surface area (Å²) in [5, 5.41) is 3.59. The normalized spacial score (nSPS) is 23.8. The van der Waals surface area contributed by atoms with Crippen LogP contribution in [-0.2, 0) is 6.42 Å². The van der Waals surface area contributed by atoms with Gasteiger partial charge in [-0.1, -0.05) is 32.0 Å². The van der Waals surface area contributed by atoms with Gasteiger partial charge in [0.1, 0.15) is 5.82 Å². The zero-order chi connectivity index (χ0) is 13.7. The Bertz CT molecular complexity index is 381. The zero-order valence-corrected chi connectivity index (χ0v) is 12.2. The average Bonchev–Trinajstić information content (AvgIpc) is 2.41. The zero-order valence-electron chi connectivity index (χ0n) is 12.2. The maximum atomic E-state index is 13.5. The minimum Gasteiger partial charge on any atom is -0.314 e. The summed E-state index contributed by atoms with van der Waals surface area (Å²) in [4.78, 5) is 0. The maximum absolute atomic E-state index is 13.5. The van der Waals surface area contributed by atoms with Gasteiger partial charge in [-0.3, -0.25) is 0 Å². The molecule has 1 N–H and O–H groups in total. The van der Waals surface area contributed by atoms with Crippen LogP contribution in [-0.4, -0.2) is 12.6 Å². The lowest BCUT2D eigenvalue weighted by molar-refractivity contribution is 0.239. The number of halogens is 1. The van der Waals surface area contributed by atoms with Crippen molar-refractivity contribution in [2.45, 2.75) is 52.0 Å². The highest BCUT2D eigenvalue weighted by atomic mass is 19.1. The molecule has 106 valence electrons. The fourth-order valence-corrected chi connectivity index (χ4v) is 3.10. The van der Waals surface area contributed by atoms with Crippen LogP contribution in [0.4, 0.5) is 4.39 Å². The van der Waals surface area contributed by atoms with E-state index in [2.05, 4.69) is 19.2 Å². The molecule has 1 aliphatic carbocycles. The second kappa shape index (κ2) is 7.04. The summed E-state index contributed by atoms with van der Waals surface area (Å²) >= 11 is 0. The van der Waals surface area contributed by atoms with Gasteiger partial charge in [0.2, 0.25) is 0 Å². The third-order valence-corrected chi connectivity index (χ3v) is 4.50. The molecule has 1 fully saturated rings. The number of rotatable bonds is 5. The minimum absolute atomic E-state index is 0.0761. The number of hydrogen-bond donors (Lipinski definition) is 1. The Labute approximate surface area is 116 Å². The van der Waals surface area contributed by atoms with Gasteiger partial charge in [0.05, 0.1) is 0 Å². The summed E-state index contributed by atoms with van der Waals surface area (Å²) in [6.45, 7) is 5.55. The van der Waals surface area contributed by atoms with Crippen LogP contribution < -0.4 is 5.32 Å². The van der Waals surface area contributed by atoms with Crippen LogP contribution in [0, 0.1) is 17.7 Å². The molecular formula is C17H26FN. The number of nitrogens with one attached hydrogen (secondary N) is 1. The Morgan fingerprint density at radius 1 is 1.16 bits per heavy atom. The largest absolute Gasteiger partial charge is 0.314 e. The highest BCUT2D eigenvalue weighted by Crippen LogP contribution is 2.29. The predicted octanol–water partition coefficient (Wildman–Crippen LogP) is 4.17. The molecule has 0 aromatic heterocycles. The lowest BCUT2D eigenvalue weighted by Gasteiger charge is -2.31. The average molecular weight is 263 g/mol. The molecule has 1 aromatic carbocycles. The van der Waals surface area contributed by atoms with E-state index in [0.717, 1.165) is 30.4 Å². The van der Waals surface area contributed by atoms with Gasteiger partial charge in [-0.15, -0.1) is 0 Å². The molecule has 1 aliphatic rings. The molecule has 2 rings (SSSR count). The van der Waals surface area contributed by atoms with E-state index in [9.17, 15) is 4.39 Å². The van der Waals surface area contributed by atoms with Gasteiger partial charge in [0.25, 0.3) is 0 Å². The fraction of sp³-hybridized carbons (Fsp3) is 0.647. The first-order chi connectivity index (χ1) is 9.16. The first-order valence-electron chi connectivity index (χ1n) is 7.63. The van der Waals surface area contributed by atoms with Crippen LogP contribution in [0.5, 0.6) is 0 Å². The summed E-state index contributed by atoms with van der Waals surface area (Å²) in [6, 6.07) is 7.73. The van der Waals surface area contributed by atoms with Crippen LogP contribution in [0.15, 0.2) is 24.3 Å². The van der Waals surface area contributed by atoms with E-state index >= 15 is 0 Å². The fourth-order valence-electron chi connectivity index (χ4n) is 3.10. The summed E-state index contributed by atoms with van der Waals surface area (Å²) in [5.74, 6) is 1.65. The first-order valence-corrected chi connectivity index (χ1v) is 7.63. The van der Waals surface area contributed by atoms with Gasteiger partial charge in [0, 0.05) is 6.04 Å². The molecule has 1 nitrogen and oxygen atoms in total. The molecule has 0 saturated heterocycles. The van der Waals surface area contributed by atoms with Gasteiger partial charge in [-0.05, 0) is 62.1 Å². The molecule has 0 amide bonds. The lowest BCUT2D eigenvalue weighted by atomic mass is 9.80. The van der Waals surface area contributed by atoms with E-state index < -0.39 is 0 Å².